The van der Waals surface area contributed by atoms with Gasteiger partial charge in [0.25, 0.3) is 0 Å². The molecule has 72 valence electrons. The molecular formula is C6H23FO3. The van der Waals surface area contributed by atoms with Crippen LogP contribution < -0.4 is 0 Å². The van der Waals surface area contributed by atoms with E-state index in [0.29, 0.717) is 0 Å². The zero-order valence-corrected chi connectivity index (χ0v) is 6.87. The van der Waals surface area contributed by atoms with E-state index < -0.39 is 0 Å². The van der Waals surface area contributed by atoms with E-state index in [9.17, 15) is 0 Å². The number of aliphatic hydroxyl groups is 3. The van der Waals surface area contributed by atoms with Crippen LogP contribution in [-0.2, 0) is 0 Å². The van der Waals surface area contributed by atoms with Crippen LogP contribution in [-0.4, -0.2) is 35.1 Å². The standard InChI is InChI=1S/3C2H6O.FH.2H2/c3*1-2-3;;;/h3*3H,2H2,1H3;3*1H. The number of hydrogen-bond acceptors (Lipinski definition) is 3. The van der Waals surface area contributed by atoms with Gasteiger partial charge in [0.15, 0.2) is 0 Å². The van der Waals surface area contributed by atoms with Gasteiger partial charge in [0.2, 0.25) is 0 Å². The zero-order valence-electron chi connectivity index (χ0n) is 6.87. The van der Waals surface area contributed by atoms with Crippen molar-refractivity contribution in [1.82, 2.24) is 0 Å². The second kappa shape index (κ2) is 68.1. The summed E-state index contributed by atoms with van der Waals surface area (Å²) in [7, 11) is 0. The maximum atomic E-state index is 7.57. The summed E-state index contributed by atoms with van der Waals surface area (Å²) in [6.07, 6.45) is 0. The van der Waals surface area contributed by atoms with Crippen LogP contribution in [0.3, 0.4) is 0 Å². The van der Waals surface area contributed by atoms with E-state index >= 15 is 0 Å². The molecule has 0 fully saturated rings. The van der Waals surface area contributed by atoms with Gasteiger partial charge in [-0.3, -0.25) is 4.70 Å². The maximum absolute atomic E-state index is 7.57. The molecule has 0 aromatic rings. The lowest BCUT2D eigenvalue weighted by molar-refractivity contribution is 0.318. The van der Waals surface area contributed by atoms with Crippen molar-refractivity contribution in [2.45, 2.75) is 20.8 Å². The van der Waals surface area contributed by atoms with Gasteiger partial charge in [-0.1, -0.05) is 0 Å². The fourth-order valence-corrected chi connectivity index (χ4v) is 0. The lowest BCUT2D eigenvalue weighted by atomic mass is 10.9. The lowest BCUT2D eigenvalue weighted by Gasteiger charge is -1.52. The molecule has 0 heterocycles. The minimum atomic E-state index is 0. The first kappa shape index (κ1) is 22.6. The molecule has 10 heavy (non-hydrogen) atoms. The Bertz CT molecular complexity index is 25.5. The van der Waals surface area contributed by atoms with Gasteiger partial charge in [-0.25, -0.2) is 0 Å². The molecule has 0 aromatic heterocycles. The molecule has 0 saturated heterocycles. The first-order valence-electron chi connectivity index (χ1n) is 3.07. The van der Waals surface area contributed by atoms with Crippen molar-refractivity contribution >= 4 is 0 Å². The third-order valence-corrected chi connectivity index (χ3v) is 0. The highest BCUT2D eigenvalue weighted by Gasteiger charge is 1.35. The molecule has 0 aliphatic rings. The predicted octanol–water partition coefficient (Wildman–Crippen LogP) is 0.640. The quantitative estimate of drug-likeness (QED) is 0.490. The second-order valence-corrected chi connectivity index (χ2v) is 0.949. The summed E-state index contributed by atoms with van der Waals surface area (Å²) >= 11 is 0. The van der Waals surface area contributed by atoms with Crippen LogP contribution >= 0.6 is 0 Å². The molecule has 4 heteroatoms. The Hall–Kier alpha value is -0.190. The Balaban J connectivity index is -0.00000001000. The molecule has 0 saturated carbocycles. The van der Waals surface area contributed by atoms with Crippen LogP contribution in [0.2, 0.25) is 0 Å². The Kier molecular flexibility index (Phi) is 154. The molecule has 0 aliphatic carbocycles. The Morgan fingerprint density at radius 1 is 0.800 bits per heavy atom. The van der Waals surface area contributed by atoms with Gasteiger partial charge in [0, 0.05) is 22.7 Å². The van der Waals surface area contributed by atoms with Crippen LogP contribution in [0, 0.1) is 0 Å². The van der Waals surface area contributed by atoms with Crippen molar-refractivity contribution in [3.05, 3.63) is 0 Å². The SMILES string of the molecule is CCO.CCO.CCO.F.[HH].[HH]. The second-order valence-electron chi connectivity index (χ2n) is 0.949. The topological polar surface area (TPSA) is 60.7 Å². The van der Waals surface area contributed by atoms with Crippen LogP contribution in [0.4, 0.5) is 4.70 Å². The predicted molar refractivity (Wildman–Crippen MR) is 45.0 cm³/mol. The smallest absolute Gasteiger partial charge is 0.0402 e. The molecule has 0 spiro atoms. The van der Waals surface area contributed by atoms with Crippen LogP contribution in [0.1, 0.15) is 23.6 Å². The van der Waals surface area contributed by atoms with Gasteiger partial charge in [-0.15, -0.1) is 0 Å². The van der Waals surface area contributed by atoms with Crippen molar-refractivity contribution in [2.75, 3.05) is 19.8 Å². The molecule has 3 nitrogen and oxygen atoms in total. The molecule has 0 amide bonds. The number of hydrogen-bond donors (Lipinski definition) is 3. The molecule has 0 unspecified atom stereocenters. The molecular weight excluding hydrogens is 139 g/mol. The number of aliphatic hydroxyl groups excluding tert-OH is 3. The average Bonchev–Trinajstić information content (AvgIpc) is 1.70. The van der Waals surface area contributed by atoms with Crippen LogP contribution in [0.15, 0.2) is 0 Å². The van der Waals surface area contributed by atoms with E-state index in [1.165, 1.54) is 0 Å². The van der Waals surface area contributed by atoms with E-state index in [4.69, 9.17) is 15.3 Å². The molecule has 3 N–H and O–H groups in total. The minimum absolute atomic E-state index is 0. The summed E-state index contributed by atoms with van der Waals surface area (Å²) in [4.78, 5) is 0. The van der Waals surface area contributed by atoms with Crippen molar-refractivity contribution in [3.63, 3.8) is 0 Å². The number of rotatable bonds is 0. The molecule has 0 aromatic carbocycles. The summed E-state index contributed by atoms with van der Waals surface area (Å²) in [6.45, 7) is 5.79. The normalized spacial score (nSPS) is 5.40. The van der Waals surface area contributed by atoms with Crippen LogP contribution in [0.25, 0.3) is 0 Å². The van der Waals surface area contributed by atoms with Gasteiger partial charge in [0.1, 0.15) is 0 Å². The Morgan fingerprint density at radius 2 is 0.800 bits per heavy atom. The molecule has 0 rings (SSSR count). The lowest BCUT2D eigenvalue weighted by Crippen LogP contribution is -1.57. The third kappa shape index (κ3) is 10000. The largest absolute Gasteiger partial charge is 0.397 e. The monoisotopic (exact) mass is 162 g/mol. The van der Waals surface area contributed by atoms with Gasteiger partial charge in [-0.2, -0.15) is 0 Å². The van der Waals surface area contributed by atoms with Gasteiger partial charge >= 0.3 is 0 Å². The van der Waals surface area contributed by atoms with E-state index in [1.54, 1.807) is 20.8 Å². The van der Waals surface area contributed by atoms with Gasteiger partial charge < -0.3 is 15.3 Å². The van der Waals surface area contributed by atoms with Gasteiger partial charge in [-0.05, 0) is 20.8 Å². The minimum Gasteiger partial charge on any atom is -0.397 e. The molecule has 0 radical (unpaired) electrons. The third-order valence-electron chi connectivity index (χ3n) is 0. The zero-order chi connectivity index (χ0) is 8.12. The molecule has 0 aliphatic heterocycles. The van der Waals surface area contributed by atoms with E-state index in [2.05, 4.69) is 0 Å². The summed E-state index contributed by atoms with van der Waals surface area (Å²) in [6, 6.07) is 0. The highest BCUT2D eigenvalue weighted by atomic mass is 19.0. The summed E-state index contributed by atoms with van der Waals surface area (Å²) in [5, 5.41) is 22.7. The first-order valence-corrected chi connectivity index (χ1v) is 3.07. The van der Waals surface area contributed by atoms with Gasteiger partial charge in [0.05, 0.1) is 0 Å². The van der Waals surface area contributed by atoms with Crippen molar-refractivity contribution in [3.8, 4) is 0 Å². The van der Waals surface area contributed by atoms with Crippen LogP contribution in [0.5, 0.6) is 0 Å². The Morgan fingerprint density at radius 3 is 0.800 bits per heavy atom. The van der Waals surface area contributed by atoms with E-state index in [0.717, 1.165) is 0 Å². The highest BCUT2D eigenvalue weighted by Crippen LogP contribution is 1.30. The fraction of sp³-hybridized carbons (Fsp3) is 1.00. The fourth-order valence-electron chi connectivity index (χ4n) is 0. The average molecular weight is 162 g/mol. The highest BCUT2D eigenvalue weighted by molar-refractivity contribution is 3.84. The summed E-state index contributed by atoms with van der Waals surface area (Å²) in [5.41, 5.74) is 0. The summed E-state index contributed by atoms with van der Waals surface area (Å²) in [5.74, 6) is 0. The van der Waals surface area contributed by atoms with Crippen molar-refractivity contribution in [2.24, 2.45) is 0 Å². The summed E-state index contributed by atoms with van der Waals surface area (Å²) < 4.78 is 0. The van der Waals surface area contributed by atoms with Crippen molar-refractivity contribution in [1.29, 1.82) is 0 Å². The van der Waals surface area contributed by atoms with Crippen molar-refractivity contribution < 1.29 is 22.9 Å². The van der Waals surface area contributed by atoms with E-state index in [-0.39, 0.29) is 27.4 Å². The van der Waals surface area contributed by atoms with E-state index in [1.807, 2.05) is 0 Å². The number of halogens is 1. The maximum Gasteiger partial charge on any atom is 0.0402 e. The first-order chi connectivity index (χ1) is 4.24. The molecule has 0 bridgehead atoms. The Labute approximate surface area is 64.7 Å². The molecule has 0 atom stereocenters.